The zero-order valence-corrected chi connectivity index (χ0v) is 21.1. The summed E-state index contributed by atoms with van der Waals surface area (Å²) in [5.41, 5.74) is 1.64. The fourth-order valence-electron chi connectivity index (χ4n) is 3.71. The van der Waals surface area contributed by atoms with Gasteiger partial charge < -0.3 is 25.2 Å². The van der Waals surface area contributed by atoms with E-state index >= 15 is 0 Å². The Labute approximate surface area is 216 Å². The van der Waals surface area contributed by atoms with Crippen LogP contribution in [0.15, 0.2) is 36.8 Å². The predicted molar refractivity (Wildman–Crippen MR) is 132 cm³/mol. The quantitative estimate of drug-likeness (QED) is 0.230. The smallest absolute Gasteiger partial charge is 0.421 e. The molecule has 5 rings (SSSR count). The Kier molecular flexibility index (Phi) is 6.88. The molecule has 14 nitrogen and oxygen atoms in total. The molecular formula is C23H25N6O8P. The molecule has 200 valence electrons. The van der Waals surface area contributed by atoms with Gasteiger partial charge in [0, 0.05) is 23.8 Å². The van der Waals surface area contributed by atoms with E-state index in [2.05, 4.69) is 25.2 Å². The summed E-state index contributed by atoms with van der Waals surface area (Å²) in [5, 5.41) is 9.90. The summed E-state index contributed by atoms with van der Waals surface area (Å²) < 4.78 is 21.7. The lowest BCUT2D eigenvalue weighted by atomic mass is 10.1. The number of carbonyl (C=O) groups excluding carboxylic acids is 3. The first-order valence-corrected chi connectivity index (χ1v) is 13.3. The van der Waals surface area contributed by atoms with Crippen molar-refractivity contribution in [3.8, 4) is 0 Å². The molecule has 15 heteroatoms. The van der Waals surface area contributed by atoms with Gasteiger partial charge >= 0.3 is 13.9 Å². The summed E-state index contributed by atoms with van der Waals surface area (Å²) >= 11 is 0. The van der Waals surface area contributed by atoms with Crippen molar-refractivity contribution in [1.82, 2.24) is 25.2 Å². The average Bonchev–Trinajstić information content (AvgIpc) is 3.79. The van der Waals surface area contributed by atoms with Crippen molar-refractivity contribution in [2.24, 2.45) is 0 Å². The summed E-state index contributed by atoms with van der Waals surface area (Å²) in [6.07, 6.45) is 5.18. The summed E-state index contributed by atoms with van der Waals surface area (Å²) in [5.74, 6) is -0.612. The summed E-state index contributed by atoms with van der Waals surface area (Å²) in [7, 11) is -4.91. The van der Waals surface area contributed by atoms with Crippen LogP contribution in [-0.2, 0) is 13.8 Å². The van der Waals surface area contributed by atoms with Crippen LogP contribution in [-0.4, -0.2) is 61.2 Å². The molecule has 0 bridgehead atoms. The van der Waals surface area contributed by atoms with Crippen LogP contribution in [0.4, 0.5) is 16.3 Å². The number of benzene rings is 1. The number of nitrogens with one attached hydrogen (secondary N) is 2. The molecule has 0 saturated heterocycles. The van der Waals surface area contributed by atoms with E-state index in [1.165, 1.54) is 29.2 Å². The zero-order valence-electron chi connectivity index (χ0n) is 20.2. The molecule has 2 fully saturated rings. The van der Waals surface area contributed by atoms with Crippen molar-refractivity contribution in [3.05, 3.63) is 53.5 Å². The van der Waals surface area contributed by atoms with Gasteiger partial charge in [-0.1, -0.05) is 6.07 Å². The molecule has 0 radical (unpaired) electrons. The van der Waals surface area contributed by atoms with Crippen LogP contribution in [0, 0.1) is 6.92 Å². The van der Waals surface area contributed by atoms with Gasteiger partial charge in [-0.25, -0.2) is 28.3 Å². The van der Waals surface area contributed by atoms with Gasteiger partial charge in [0.15, 0.2) is 5.82 Å². The molecule has 3 aromatic rings. The fraction of sp³-hybridized carbons (Fsp3) is 0.348. The van der Waals surface area contributed by atoms with E-state index < -0.39 is 20.7 Å². The first-order chi connectivity index (χ1) is 18.1. The van der Waals surface area contributed by atoms with E-state index in [1.807, 2.05) is 0 Å². The Bertz CT molecular complexity index is 1460. The van der Waals surface area contributed by atoms with Gasteiger partial charge in [-0.3, -0.25) is 9.59 Å². The Morgan fingerprint density at radius 1 is 1.08 bits per heavy atom. The van der Waals surface area contributed by atoms with Crippen LogP contribution < -0.4 is 15.5 Å². The molecule has 2 saturated carbocycles. The minimum absolute atomic E-state index is 0.00880. The van der Waals surface area contributed by atoms with E-state index in [0.29, 0.717) is 11.1 Å². The minimum Gasteiger partial charge on any atom is -0.421 e. The third-order valence-electron chi connectivity index (χ3n) is 5.98. The number of aryl methyl sites for hydroxylation is 1. The van der Waals surface area contributed by atoms with Crippen LogP contribution in [0.2, 0.25) is 0 Å². The van der Waals surface area contributed by atoms with E-state index in [4.69, 9.17) is 14.5 Å². The lowest BCUT2D eigenvalue weighted by Gasteiger charge is -2.24. The fourth-order valence-corrected chi connectivity index (χ4v) is 3.90. The number of carbonyl (C=O) groups is 3. The van der Waals surface area contributed by atoms with Gasteiger partial charge in [0.25, 0.3) is 11.8 Å². The average molecular weight is 544 g/mol. The third-order valence-corrected chi connectivity index (χ3v) is 6.42. The Morgan fingerprint density at radius 2 is 1.74 bits per heavy atom. The van der Waals surface area contributed by atoms with Gasteiger partial charge in [0.2, 0.25) is 6.79 Å². The summed E-state index contributed by atoms with van der Waals surface area (Å²) in [6.45, 7) is 0.660. The molecular weight excluding hydrogens is 519 g/mol. The number of hydrogen-bond donors (Lipinski definition) is 4. The molecule has 1 aromatic carbocycles. The Hall–Kier alpha value is -3.84. The standard InChI is InChI=1S/C23H25N6O8P/c1-13-2-3-14(21(30)26-16-4-5-16)8-18(13)29(23(32)36-12-37-38(33,34)35)20-19-9-15(10-28(19)25-11-24-20)22(31)27-17-6-7-17/h2-3,8-11,16-17H,4-7,12H2,1H3,(H,26,30)(H,27,31)(H2,33,34,35). The Balaban J connectivity index is 1.54. The van der Waals surface area contributed by atoms with Crippen molar-refractivity contribution < 1.29 is 38.0 Å². The van der Waals surface area contributed by atoms with E-state index in [9.17, 15) is 18.9 Å². The number of ether oxygens (including phenoxy) is 1. The van der Waals surface area contributed by atoms with Crippen LogP contribution in [0.25, 0.3) is 5.52 Å². The monoisotopic (exact) mass is 544 g/mol. The highest BCUT2D eigenvalue weighted by molar-refractivity contribution is 7.46. The number of rotatable bonds is 9. The molecule has 3 amide bonds. The minimum atomic E-state index is -4.91. The second kappa shape index (κ2) is 10.1. The highest BCUT2D eigenvalue weighted by Gasteiger charge is 2.30. The van der Waals surface area contributed by atoms with E-state index in [-0.39, 0.29) is 46.5 Å². The molecule has 0 spiro atoms. The molecule has 0 unspecified atom stereocenters. The second-order valence-electron chi connectivity index (χ2n) is 9.12. The lowest BCUT2D eigenvalue weighted by Crippen LogP contribution is -2.30. The maximum Gasteiger partial charge on any atom is 0.472 e. The zero-order chi connectivity index (χ0) is 27.0. The topological polar surface area (TPSA) is 185 Å². The van der Waals surface area contributed by atoms with Gasteiger partial charge in [-0.2, -0.15) is 5.10 Å². The van der Waals surface area contributed by atoms with Gasteiger partial charge in [-0.15, -0.1) is 0 Å². The largest absolute Gasteiger partial charge is 0.472 e. The number of nitrogens with zero attached hydrogens (tertiary/aromatic N) is 4. The maximum absolute atomic E-state index is 13.3. The van der Waals surface area contributed by atoms with Crippen LogP contribution in [0.1, 0.15) is 52.0 Å². The van der Waals surface area contributed by atoms with Crippen molar-refractivity contribution in [3.63, 3.8) is 0 Å². The SMILES string of the molecule is Cc1ccc(C(=O)NC2CC2)cc1N(C(=O)OCOP(=O)(O)O)c1ncnn2cc(C(=O)NC3CC3)cc12. The molecule has 0 atom stereocenters. The number of phosphoric acid groups is 1. The first-order valence-electron chi connectivity index (χ1n) is 11.8. The summed E-state index contributed by atoms with van der Waals surface area (Å²) in [6, 6.07) is 6.50. The molecule has 0 aliphatic heterocycles. The number of aromatic nitrogens is 3. The third kappa shape index (κ3) is 6.00. The van der Waals surface area contributed by atoms with Crippen LogP contribution in [0.3, 0.4) is 0 Å². The normalized spacial score (nSPS) is 15.2. The molecule has 2 heterocycles. The van der Waals surface area contributed by atoms with Gasteiger partial charge in [0.05, 0.1) is 11.3 Å². The number of phosphoric ester groups is 1. The first kappa shape index (κ1) is 25.8. The lowest BCUT2D eigenvalue weighted by molar-refractivity contribution is 0.0445. The Morgan fingerprint density at radius 3 is 2.37 bits per heavy atom. The van der Waals surface area contributed by atoms with E-state index in [0.717, 1.165) is 30.6 Å². The number of hydrogen-bond acceptors (Lipinski definition) is 8. The highest BCUT2D eigenvalue weighted by atomic mass is 31.2. The summed E-state index contributed by atoms with van der Waals surface area (Å²) in [4.78, 5) is 61.9. The molecule has 38 heavy (non-hydrogen) atoms. The van der Waals surface area contributed by atoms with Crippen molar-refractivity contribution in [1.29, 1.82) is 0 Å². The molecule has 2 aliphatic carbocycles. The number of amides is 3. The van der Waals surface area contributed by atoms with Crippen LogP contribution in [0.5, 0.6) is 0 Å². The van der Waals surface area contributed by atoms with Crippen LogP contribution >= 0.6 is 7.82 Å². The number of fused-ring (bicyclic) bond motifs is 1. The second-order valence-corrected chi connectivity index (χ2v) is 10.4. The molecule has 4 N–H and O–H groups in total. The van der Waals surface area contributed by atoms with Gasteiger partial charge in [-0.05, 0) is 56.4 Å². The maximum atomic E-state index is 13.3. The molecule has 2 aliphatic rings. The predicted octanol–water partition coefficient (Wildman–Crippen LogP) is 2.16. The molecule has 2 aromatic heterocycles. The van der Waals surface area contributed by atoms with Gasteiger partial charge in [0.1, 0.15) is 11.8 Å². The number of anilines is 2. The van der Waals surface area contributed by atoms with Crippen molar-refractivity contribution in [2.45, 2.75) is 44.7 Å². The van der Waals surface area contributed by atoms with E-state index in [1.54, 1.807) is 19.1 Å². The van der Waals surface area contributed by atoms with Crippen molar-refractivity contribution in [2.75, 3.05) is 11.7 Å². The van der Waals surface area contributed by atoms with Crippen molar-refractivity contribution >= 4 is 42.8 Å². The highest BCUT2D eigenvalue weighted by Crippen LogP contribution is 2.36.